The number of ketones is 4. The minimum absolute atomic E-state index is 0.00936. The highest BCUT2D eigenvalue weighted by atomic mass is 16.6. The van der Waals surface area contributed by atoms with Crippen molar-refractivity contribution in [1.29, 1.82) is 0 Å². The predicted octanol–water partition coefficient (Wildman–Crippen LogP) is 12.7. The summed E-state index contributed by atoms with van der Waals surface area (Å²) in [6.07, 6.45) is 0.864. The van der Waals surface area contributed by atoms with E-state index in [0.29, 0.717) is 86.6 Å². The van der Waals surface area contributed by atoms with E-state index in [4.69, 9.17) is 38.9 Å². The number of alkyl carbamates (subject to hydrolysis) is 4. The number of amides is 8. The van der Waals surface area contributed by atoms with Crippen molar-refractivity contribution in [3.8, 4) is 17.2 Å². The number of ether oxygens (including phenoxy) is 7. The fraction of sp³-hybridized carbons (Fsp3) is 0.348. The lowest BCUT2D eigenvalue weighted by atomic mass is 9.93. The number of carbonyl (C=O) groups is 12. The van der Waals surface area contributed by atoms with Crippen molar-refractivity contribution >= 4 is 71.1 Å². The highest BCUT2D eigenvalue weighted by Gasteiger charge is 2.30. The Morgan fingerprint density at radius 2 is 0.571 bits per heavy atom. The molecule has 0 unspecified atom stereocenters. The highest BCUT2D eigenvalue weighted by molar-refractivity contribution is 6.03. The van der Waals surface area contributed by atoms with Crippen LogP contribution < -0.4 is 57.2 Å². The molecule has 27 nitrogen and oxygen atoms in total. The molecular weight excluding hydrogens is 1520 g/mol. The van der Waals surface area contributed by atoms with E-state index in [9.17, 15) is 57.5 Å². The van der Waals surface area contributed by atoms with Crippen LogP contribution in [-0.2, 0) is 90.2 Å². The van der Waals surface area contributed by atoms with Crippen molar-refractivity contribution in [3.05, 3.63) is 267 Å². The maximum absolute atomic E-state index is 14.9. The molecule has 0 aromatic heterocycles. The lowest BCUT2D eigenvalue weighted by Gasteiger charge is -2.21. The third-order valence-corrected chi connectivity index (χ3v) is 19.6. The number of nitrogens with two attached hydrogens (primary N) is 1. The van der Waals surface area contributed by atoms with Crippen molar-refractivity contribution < 1.29 is 90.7 Å². The second-order valence-electron chi connectivity index (χ2n) is 28.7. The van der Waals surface area contributed by atoms with Crippen LogP contribution in [0.15, 0.2) is 200 Å². The lowest BCUT2D eigenvalue weighted by Crippen LogP contribution is -2.42. The van der Waals surface area contributed by atoms with E-state index in [2.05, 4.69) is 37.2 Å². The lowest BCUT2D eigenvalue weighted by molar-refractivity contribution is -0.122. The molecule has 0 saturated heterocycles. The van der Waals surface area contributed by atoms with Crippen LogP contribution in [0.25, 0.3) is 0 Å². The number of Topliss-reactive ketones (excluding diaryl/α,β-unsaturated/α-hetero) is 4. The van der Waals surface area contributed by atoms with Crippen molar-refractivity contribution in [2.75, 3.05) is 47.5 Å². The van der Waals surface area contributed by atoms with Gasteiger partial charge in [-0.05, 0) is 164 Å². The van der Waals surface area contributed by atoms with E-state index in [-0.39, 0.29) is 142 Å². The van der Waals surface area contributed by atoms with E-state index < -0.39 is 83.5 Å². The molecule has 0 aliphatic rings. The molecule has 0 fully saturated rings. The van der Waals surface area contributed by atoms with Crippen LogP contribution in [0, 0.1) is 5.92 Å². The molecular formula is C92H106N8O19. The smallest absolute Gasteiger partial charge is 0.407 e. The van der Waals surface area contributed by atoms with Crippen LogP contribution in [0.2, 0.25) is 0 Å². The third-order valence-electron chi connectivity index (χ3n) is 19.6. The number of hydrogen-bond acceptors (Lipinski definition) is 19. The average molecular weight is 1630 g/mol. The van der Waals surface area contributed by atoms with Crippen LogP contribution in [0.4, 0.5) is 19.2 Å². The third kappa shape index (κ3) is 32.1. The molecule has 0 saturated carbocycles. The minimum Gasteiger partial charge on any atom is -0.496 e. The number of rotatable bonds is 50. The normalized spacial score (nSPS) is 11.8. The first-order valence-electron chi connectivity index (χ1n) is 39.9. The Bertz CT molecular complexity index is 4690. The number of carbonyl (C=O) groups excluding carboxylic acids is 12. The summed E-state index contributed by atoms with van der Waals surface area (Å²) in [5.74, 6) is -4.23. The predicted molar refractivity (Wildman–Crippen MR) is 446 cm³/mol. The van der Waals surface area contributed by atoms with Crippen molar-refractivity contribution in [3.63, 3.8) is 0 Å². The SMILES string of the molecule is COc1ccc(CC(=O)[C@H](CCCCNC(=O)OCc2ccccc2)NC(=O)c2cc(CC(=O)[C@H](CCCCNC(=O)OCc3ccccc3)NC(=O)c3cc(CC(=O)[C@@H](C)CCCCNC(=O)OCc4ccccc4)ccc3OC)ccc2OC)cc1C(=O)N[C@@H](CCCCNC(=O)OCc1ccccc1)C(=O)Cc1cccc(C(N)=O)c1. The topological polar surface area (TPSA) is 380 Å². The molecule has 0 heterocycles. The molecule has 8 aromatic carbocycles. The Hall–Kier alpha value is -13.2. The van der Waals surface area contributed by atoms with Gasteiger partial charge in [-0.1, -0.05) is 165 Å². The van der Waals surface area contributed by atoms with E-state index >= 15 is 0 Å². The van der Waals surface area contributed by atoms with Gasteiger partial charge in [-0.2, -0.15) is 0 Å². The summed E-state index contributed by atoms with van der Waals surface area (Å²) < 4.78 is 38.5. The van der Waals surface area contributed by atoms with Gasteiger partial charge in [0.15, 0.2) is 17.3 Å². The summed E-state index contributed by atoms with van der Waals surface area (Å²) >= 11 is 0. The van der Waals surface area contributed by atoms with Gasteiger partial charge in [-0.25, -0.2) is 19.2 Å². The first kappa shape index (κ1) is 91.3. The van der Waals surface area contributed by atoms with Crippen LogP contribution >= 0.6 is 0 Å². The van der Waals surface area contributed by atoms with E-state index in [1.807, 2.05) is 128 Å². The zero-order chi connectivity index (χ0) is 85.1. The summed E-state index contributed by atoms with van der Waals surface area (Å²) in [6, 6.07) is 53.5. The number of hydrogen-bond donors (Lipinski definition) is 8. The van der Waals surface area contributed by atoms with Gasteiger partial charge in [0, 0.05) is 63.3 Å². The Morgan fingerprint density at radius 3 is 0.857 bits per heavy atom. The average Bonchev–Trinajstić information content (AvgIpc) is 0.827. The van der Waals surface area contributed by atoms with Gasteiger partial charge < -0.3 is 76.1 Å². The molecule has 8 aromatic rings. The van der Waals surface area contributed by atoms with Gasteiger partial charge in [-0.3, -0.25) is 38.4 Å². The fourth-order valence-electron chi connectivity index (χ4n) is 13.0. The van der Waals surface area contributed by atoms with Crippen LogP contribution in [0.1, 0.15) is 170 Å². The molecule has 0 spiro atoms. The molecule has 628 valence electrons. The Balaban J connectivity index is 0.968. The maximum atomic E-state index is 14.9. The van der Waals surface area contributed by atoms with Crippen molar-refractivity contribution in [1.82, 2.24) is 37.2 Å². The zero-order valence-corrected chi connectivity index (χ0v) is 67.7. The first-order chi connectivity index (χ1) is 57.6. The van der Waals surface area contributed by atoms with Crippen molar-refractivity contribution in [2.45, 2.75) is 154 Å². The van der Waals surface area contributed by atoms with Gasteiger partial charge >= 0.3 is 24.4 Å². The van der Waals surface area contributed by atoms with Crippen LogP contribution in [0.5, 0.6) is 17.2 Å². The summed E-state index contributed by atoms with van der Waals surface area (Å²) in [6.45, 7) is 3.01. The first-order valence-corrected chi connectivity index (χ1v) is 39.9. The monoisotopic (exact) mass is 1630 g/mol. The summed E-state index contributed by atoms with van der Waals surface area (Å²) in [7, 11) is 4.10. The maximum Gasteiger partial charge on any atom is 0.407 e. The fourth-order valence-corrected chi connectivity index (χ4v) is 13.0. The molecule has 8 rings (SSSR count). The summed E-state index contributed by atoms with van der Waals surface area (Å²) in [5.41, 5.74) is 10.7. The van der Waals surface area contributed by atoms with Crippen molar-refractivity contribution in [2.24, 2.45) is 11.7 Å². The highest BCUT2D eigenvalue weighted by Crippen LogP contribution is 2.27. The quantitative estimate of drug-likeness (QED) is 0.0130. The molecule has 0 radical (unpaired) electrons. The molecule has 119 heavy (non-hydrogen) atoms. The number of methoxy groups -OCH3 is 3. The molecule has 8 amide bonds. The molecule has 27 heteroatoms. The molecule has 0 aliphatic heterocycles. The summed E-state index contributed by atoms with van der Waals surface area (Å²) in [4.78, 5) is 164. The van der Waals surface area contributed by atoms with Gasteiger partial charge in [-0.15, -0.1) is 0 Å². The van der Waals surface area contributed by atoms with Gasteiger partial charge in [0.25, 0.3) is 17.7 Å². The van der Waals surface area contributed by atoms with E-state index in [1.54, 1.807) is 42.5 Å². The number of benzene rings is 8. The minimum atomic E-state index is -1.21. The zero-order valence-electron chi connectivity index (χ0n) is 67.7. The number of primary amides is 1. The molecule has 4 atom stereocenters. The largest absolute Gasteiger partial charge is 0.496 e. The Kier molecular flexibility index (Phi) is 38.1. The van der Waals surface area contributed by atoms with Gasteiger partial charge in [0.05, 0.1) is 56.1 Å². The van der Waals surface area contributed by atoms with Crippen LogP contribution in [-0.4, -0.2) is 137 Å². The van der Waals surface area contributed by atoms with Gasteiger partial charge in [0.2, 0.25) is 5.91 Å². The standard InChI is InChI=1S/C92H106N8O19/c1-62(26-17-21-46-94-89(109)116-58-63-27-9-5-10-28-63)78(101)54-68-40-43-82(113-2)72(51-68)86(106)99-76(38-19-23-48-96-91(111)118-60-65-31-13-7-14-32-65)80(103)56-70-42-45-84(115-4)74(53-70)88(108)100-77(39-20-24-49-97-92(112)119-61-66-33-15-8-16-34-66)81(104)57-69-41-44-83(114-3)73(52-69)87(107)98-75(79(102)55-67-35-25-36-71(50-67)85(93)105)37-18-22-47-95-90(110)117-59-64-29-11-6-12-30-64/h5-16,25,27-36,40-45,50-53,62,75-77H,17-24,26,37-39,46-49,54-61H2,1-4H3,(H2,93,105)(H,94,109)(H,95,110)(H,96,111)(H,97,112)(H,98,107)(H,99,106)(H,100,108)/t62-,75-,76-,77-/m0/s1. The second-order valence-corrected chi connectivity index (χ2v) is 28.7. The Morgan fingerprint density at radius 1 is 0.303 bits per heavy atom. The Labute approximate surface area is 693 Å². The van der Waals surface area contributed by atoms with E-state index in [0.717, 1.165) is 22.3 Å². The van der Waals surface area contributed by atoms with Gasteiger partial charge in [0.1, 0.15) is 49.5 Å². The second kappa shape index (κ2) is 49.7. The molecule has 9 N–H and O–H groups in total. The molecule has 0 aliphatic carbocycles. The number of nitrogens with one attached hydrogen (secondary N) is 7. The number of unbranched alkanes of at least 4 members (excludes halogenated alkanes) is 4. The summed E-state index contributed by atoms with van der Waals surface area (Å²) in [5, 5.41) is 19.6. The van der Waals surface area contributed by atoms with E-state index in [1.165, 1.54) is 57.7 Å². The van der Waals surface area contributed by atoms with Crippen LogP contribution in [0.3, 0.4) is 0 Å². The molecule has 0 bridgehead atoms.